The van der Waals surface area contributed by atoms with E-state index in [1.807, 2.05) is 29.2 Å². The van der Waals surface area contributed by atoms with Crippen LogP contribution in [0.5, 0.6) is 0 Å². The van der Waals surface area contributed by atoms with Crippen molar-refractivity contribution >= 4 is 22.8 Å². The number of fused-ring (bicyclic) bond motifs is 1. The molecule has 1 fully saturated rings. The predicted molar refractivity (Wildman–Crippen MR) is 115 cm³/mol. The standard InChI is InChI=1S/C24H26FN3O3/c1-2-31-22(29)15-20(16-7-9-18(25)10-8-16)17-11-13-28(14-12-17)24(30)23-19-5-3-4-6-21(19)26-27-23/h3-10,17,20H,2,11-15H2,1H3,(H,26,27)/t20-/m0/s1. The van der Waals surface area contributed by atoms with Crippen LogP contribution in [0.15, 0.2) is 48.5 Å². The van der Waals surface area contributed by atoms with E-state index in [9.17, 15) is 14.0 Å². The number of piperidine rings is 1. The minimum absolute atomic E-state index is 0.0666. The van der Waals surface area contributed by atoms with Crippen LogP contribution in [0.1, 0.15) is 48.2 Å². The first kappa shape index (κ1) is 21.0. The highest BCUT2D eigenvalue weighted by molar-refractivity contribution is 6.04. The lowest BCUT2D eigenvalue weighted by Gasteiger charge is -2.36. The van der Waals surface area contributed by atoms with Gasteiger partial charge in [0.15, 0.2) is 5.69 Å². The summed E-state index contributed by atoms with van der Waals surface area (Å²) in [5, 5.41) is 7.96. The van der Waals surface area contributed by atoms with Gasteiger partial charge >= 0.3 is 5.97 Å². The molecular formula is C24H26FN3O3. The van der Waals surface area contributed by atoms with E-state index in [1.54, 1.807) is 19.1 Å². The number of aromatic amines is 1. The fourth-order valence-electron chi connectivity index (χ4n) is 4.45. The monoisotopic (exact) mass is 423 g/mol. The fourth-order valence-corrected chi connectivity index (χ4v) is 4.45. The number of halogens is 1. The first-order chi connectivity index (χ1) is 15.1. The molecule has 162 valence electrons. The van der Waals surface area contributed by atoms with Crippen molar-refractivity contribution in [1.29, 1.82) is 0 Å². The Morgan fingerprint density at radius 2 is 1.87 bits per heavy atom. The summed E-state index contributed by atoms with van der Waals surface area (Å²) in [6.45, 7) is 3.30. The molecule has 1 aliphatic heterocycles. The van der Waals surface area contributed by atoms with Crippen LogP contribution in [0.2, 0.25) is 0 Å². The smallest absolute Gasteiger partial charge is 0.306 e. The Morgan fingerprint density at radius 3 is 2.58 bits per heavy atom. The molecule has 3 aromatic rings. The van der Waals surface area contributed by atoms with Gasteiger partial charge in [-0.3, -0.25) is 14.7 Å². The van der Waals surface area contributed by atoms with Crippen molar-refractivity contribution in [3.63, 3.8) is 0 Å². The molecule has 31 heavy (non-hydrogen) atoms. The first-order valence-electron chi connectivity index (χ1n) is 10.7. The summed E-state index contributed by atoms with van der Waals surface area (Å²) in [6, 6.07) is 13.9. The van der Waals surface area contributed by atoms with Gasteiger partial charge in [-0.1, -0.05) is 30.3 Å². The molecule has 1 saturated heterocycles. The third kappa shape index (κ3) is 4.60. The van der Waals surface area contributed by atoms with E-state index in [0.29, 0.717) is 25.4 Å². The van der Waals surface area contributed by atoms with Crippen molar-refractivity contribution < 1.29 is 18.7 Å². The molecule has 1 amide bonds. The van der Waals surface area contributed by atoms with Crippen LogP contribution in [0.3, 0.4) is 0 Å². The number of nitrogens with one attached hydrogen (secondary N) is 1. The Hall–Kier alpha value is -3.22. The molecule has 6 nitrogen and oxygen atoms in total. The topological polar surface area (TPSA) is 75.3 Å². The Kier molecular flexibility index (Phi) is 6.30. The summed E-state index contributed by atoms with van der Waals surface area (Å²) in [4.78, 5) is 27.1. The van der Waals surface area contributed by atoms with Crippen LogP contribution < -0.4 is 0 Å². The molecule has 1 atom stereocenters. The number of H-pyrrole nitrogens is 1. The molecule has 2 aromatic carbocycles. The average molecular weight is 423 g/mol. The number of benzene rings is 2. The summed E-state index contributed by atoms with van der Waals surface area (Å²) in [6.07, 6.45) is 1.77. The lowest BCUT2D eigenvalue weighted by atomic mass is 9.78. The highest BCUT2D eigenvalue weighted by atomic mass is 19.1. The van der Waals surface area contributed by atoms with Gasteiger partial charge in [-0.15, -0.1) is 0 Å². The minimum atomic E-state index is -0.301. The largest absolute Gasteiger partial charge is 0.466 e. The van der Waals surface area contributed by atoms with Crippen molar-refractivity contribution in [3.05, 3.63) is 65.6 Å². The van der Waals surface area contributed by atoms with Crippen LogP contribution in [0.4, 0.5) is 4.39 Å². The molecule has 0 spiro atoms. The summed E-state index contributed by atoms with van der Waals surface area (Å²) in [5.74, 6) is -0.499. The lowest BCUT2D eigenvalue weighted by Crippen LogP contribution is -2.40. The number of hydrogen-bond acceptors (Lipinski definition) is 4. The second kappa shape index (κ2) is 9.29. The van der Waals surface area contributed by atoms with Crippen molar-refractivity contribution in [2.75, 3.05) is 19.7 Å². The Labute approximate surface area is 180 Å². The van der Waals surface area contributed by atoms with Gasteiger partial charge in [0.2, 0.25) is 0 Å². The predicted octanol–water partition coefficient (Wildman–Crippen LogP) is 4.29. The van der Waals surface area contributed by atoms with E-state index in [4.69, 9.17) is 4.74 Å². The second-order valence-electron chi connectivity index (χ2n) is 7.91. The average Bonchev–Trinajstić information content (AvgIpc) is 3.22. The van der Waals surface area contributed by atoms with Gasteiger partial charge in [0.05, 0.1) is 18.5 Å². The molecule has 1 N–H and O–H groups in total. The maximum absolute atomic E-state index is 13.4. The molecule has 0 saturated carbocycles. The van der Waals surface area contributed by atoms with E-state index < -0.39 is 0 Å². The van der Waals surface area contributed by atoms with Gasteiger partial charge in [0, 0.05) is 18.5 Å². The lowest BCUT2D eigenvalue weighted by molar-refractivity contribution is -0.144. The van der Waals surface area contributed by atoms with E-state index in [-0.39, 0.29) is 36.0 Å². The normalized spacial score (nSPS) is 15.7. The molecule has 0 aliphatic carbocycles. The van der Waals surface area contributed by atoms with Crippen LogP contribution >= 0.6 is 0 Å². The first-order valence-corrected chi connectivity index (χ1v) is 10.7. The highest BCUT2D eigenvalue weighted by Gasteiger charge is 2.32. The summed E-state index contributed by atoms with van der Waals surface area (Å²) >= 11 is 0. The molecule has 1 aromatic heterocycles. The van der Waals surface area contributed by atoms with Gasteiger partial charge in [-0.25, -0.2) is 4.39 Å². The number of ether oxygens (including phenoxy) is 1. The van der Waals surface area contributed by atoms with Crippen molar-refractivity contribution in [3.8, 4) is 0 Å². The fraction of sp³-hybridized carbons (Fsp3) is 0.375. The zero-order valence-corrected chi connectivity index (χ0v) is 17.5. The highest BCUT2D eigenvalue weighted by Crippen LogP contribution is 2.36. The zero-order valence-electron chi connectivity index (χ0n) is 17.5. The van der Waals surface area contributed by atoms with E-state index in [2.05, 4.69) is 10.2 Å². The molecule has 2 heterocycles. The number of rotatable bonds is 6. The van der Waals surface area contributed by atoms with Crippen LogP contribution in [-0.4, -0.2) is 46.7 Å². The summed E-state index contributed by atoms with van der Waals surface area (Å²) < 4.78 is 18.6. The number of nitrogens with zero attached hydrogens (tertiary/aromatic N) is 2. The number of esters is 1. The third-order valence-electron chi connectivity index (χ3n) is 6.06. The van der Waals surface area contributed by atoms with Crippen LogP contribution in [0, 0.1) is 11.7 Å². The quantitative estimate of drug-likeness (QED) is 0.600. The Bertz CT molecular complexity index is 1060. The summed E-state index contributed by atoms with van der Waals surface area (Å²) in [5.41, 5.74) is 2.21. The molecular weight excluding hydrogens is 397 g/mol. The number of aromatic nitrogens is 2. The van der Waals surface area contributed by atoms with Gasteiger partial charge in [-0.05, 0) is 55.4 Å². The molecule has 4 rings (SSSR count). The molecule has 0 radical (unpaired) electrons. The SMILES string of the molecule is CCOC(=O)C[C@@H](c1ccc(F)cc1)C1CCN(C(=O)c2n[nH]c3ccccc23)CC1. The maximum Gasteiger partial charge on any atom is 0.306 e. The molecule has 0 unspecified atom stereocenters. The summed E-state index contributed by atoms with van der Waals surface area (Å²) in [7, 11) is 0. The Morgan fingerprint density at radius 1 is 1.16 bits per heavy atom. The van der Waals surface area contributed by atoms with Crippen molar-refractivity contribution in [1.82, 2.24) is 15.1 Å². The van der Waals surface area contributed by atoms with Gasteiger partial charge < -0.3 is 9.64 Å². The van der Waals surface area contributed by atoms with Crippen LogP contribution in [-0.2, 0) is 9.53 Å². The number of hydrogen-bond donors (Lipinski definition) is 1. The Balaban J connectivity index is 1.47. The van der Waals surface area contributed by atoms with E-state index >= 15 is 0 Å². The van der Waals surface area contributed by atoms with Crippen LogP contribution in [0.25, 0.3) is 10.9 Å². The minimum Gasteiger partial charge on any atom is -0.466 e. The number of likely N-dealkylation sites (tertiary alicyclic amines) is 1. The number of carbonyl (C=O) groups excluding carboxylic acids is 2. The van der Waals surface area contributed by atoms with Gasteiger partial charge in [-0.2, -0.15) is 5.10 Å². The van der Waals surface area contributed by atoms with E-state index in [1.165, 1.54) is 12.1 Å². The third-order valence-corrected chi connectivity index (χ3v) is 6.06. The van der Waals surface area contributed by atoms with E-state index in [0.717, 1.165) is 29.3 Å². The van der Waals surface area contributed by atoms with Gasteiger partial charge in [0.1, 0.15) is 5.82 Å². The number of amides is 1. The molecule has 7 heteroatoms. The maximum atomic E-state index is 13.4. The molecule has 0 bridgehead atoms. The zero-order chi connectivity index (χ0) is 21.8. The number of carbonyl (C=O) groups is 2. The second-order valence-corrected chi connectivity index (χ2v) is 7.91. The van der Waals surface area contributed by atoms with Crippen molar-refractivity contribution in [2.24, 2.45) is 5.92 Å². The number of para-hydroxylation sites is 1. The van der Waals surface area contributed by atoms with Gasteiger partial charge in [0.25, 0.3) is 5.91 Å². The molecule has 1 aliphatic rings. The van der Waals surface area contributed by atoms with Crippen molar-refractivity contribution in [2.45, 2.75) is 32.1 Å².